The Balaban J connectivity index is 1.28. The monoisotopic (exact) mass is 384 g/mol. The summed E-state index contributed by atoms with van der Waals surface area (Å²) in [5.41, 5.74) is 4.33. The summed E-state index contributed by atoms with van der Waals surface area (Å²) in [6.45, 7) is 1.26. The summed E-state index contributed by atoms with van der Waals surface area (Å²) in [6.07, 6.45) is 6.28. The number of benzene rings is 1. The van der Waals surface area contributed by atoms with Crippen LogP contribution in [0.25, 0.3) is 0 Å². The number of amides is 3. The first-order valence-corrected chi connectivity index (χ1v) is 10.4. The molecule has 0 radical (unpaired) electrons. The van der Waals surface area contributed by atoms with Crippen LogP contribution in [0.1, 0.15) is 42.7 Å². The van der Waals surface area contributed by atoms with Crippen LogP contribution in [-0.2, 0) is 17.8 Å². The van der Waals surface area contributed by atoms with Crippen LogP contribution in [-0.4, -0.2) is 28.4 Å². The van der Waals surface area contributed by atoms with Crippen molar-refractivity contribution in [1.82, 2.24) is 9.88 Å². The van der Waals surface area contributed by atoms with Gasteiger partial charge in [0.25, 0.3) is 0 Å². The van der Waals surface area contributed by atoms with E-state index in [2.05, 4.69) is 15.6 Å². The van der Waals surface area contributed by atoms with Crippen molar-refractivity contribution in [3.8, 4) is 0 Å². The minimum Gasteiger partial charge on any atom is -0.326 e. The number of urea groups is 1. The Bertz CT molecular complexity index is 812. The molecule has 6 nitrogen and oxygen atoms in total. The Hall–Kier alpha value is -2.41. The molecular formula is C20H24N4O2S. The summed E-state index contributed by atoms with van der Waals surface area (Å²) < 4.78 is 0. The van der Waals surface area contributed by atoms with Gasteiger partial charge in [-0.15, -0.1) is 11.3 Å². The molecule has 1 aromatic heterocycles. The predicted molar refractivity (Wildman–Crippen MR) is 107 cm³/mol. The number of nitrogens with one attached hydrogen (secondary N) is 2. The number of aromatic nitrogens is 1. The highest BCUT2D eigenvalue weighted by molar-refractivity contribution is 7.09. The van der Waals surface area contributed by atoms with E-state index in [-0.39, 0.29) is 11.9 Å². The van der Waals surface area contributed by atoms with Crippen LogP contribution >= 0.6 is 11.3 Å². The van der Waals surface area contributed by atoms with Gasteiger partial charge >= 0.3 is 6.03 Å². The lowest BCUT2D eigenvalue weighted by atomic mass is 10.0. The molecule has 4 rings (SSSR count). The molecule has 2 aliphatic rings. The maximum atomic E-state index is 12.5. The molecule has 1 aliphatic carbocycles. The molecule has 2 aromatic rings. The van der Waals surface area contributed by atoms with Crippen molar-refractivity contribution in [3.05, 3.63) is 40.3 Å². The molecular weight excluding hydrogens is 360 g/mol. The summed E-state index contributed by atoms with van der Waals surface area (Å²) in [6, 6.07) is 7.18. The third-order valence-corrected chi connectivity index (χ3v) is 6.27. The molecule has 7 heteroatoms. The summed E-state index contributed by atoms with van der Waals surface area (Å²) >= 11 is 1.66. The van der Waals surface area contributed by atoms with Gasteiger partial charge in [0.05, 0.1) is 17.7 Å². The number of anilines is 2. The Morgan fingerprint density at radius 2 is 1.81 bits per heavy atom. The maximum Gasteiger partial charge on any atom is 0.322 e. The van der Waals surface area contributed by atoms with Crippen molar-refractivity contribution in [3.63, 3.8) is 0 Å². The Labute approximate surface area is 163 Å². The summed E-state index contributed by atoms with van der Waals surface area (Å²) in [7, 11) is 0. The lowest BCUT2D eigenvalue weighted by Gasteiger charge is -2.26. The molecule has 1 aromatic carbocycles. The number of carbonyl (C=O) groups is 2. The molecule has 1 aliphatic heterocycles. The number of hydrogen-bond acceptors (Lipinski definition) is 4. The van der Waals surface area contributed by atoms with Gasteiger partial charge in [-0.25, -0.2) is 9.78 Å². The Kier molecular flexibility index (Phi) is 5.38. The zero-order chi connectivity index (χ0) is 18.6. The normalized spacial score (nSPS) is 16.8. The van der Waals surface area contributed by atoms with E-state index in [1.54, 1.807) is 16.2 Å². The number of thiazole rings is 1. The first-order chi connectivity index (χ1) is 13.2. The number of fused-ring (bicyclic) bond motifs is 1. The fraction of sp³-hybridized carbons (Fsp3) is 0.450. The first kappa shape index (κ1) is 18.0. The van der Waals surface area contributed by atoms with Gasteiger partial charge < -0.3 is 15.5 Å². The van der Waals surface area contributed by atoms with Crippen LogP contribution in [0.3, 0.4) is 0 Å². The number of rotatable bonds is 4. The quantitative estimate of drug-likeness (QED) is 0.827. The van der Waals surface area contributed by atoms with Gasteiger partial charge in [-0.05, 0) is 43.0 Å². The summed E-state index contributed by atoms with van der Waals surface area (Å²) in [5.74, 6) is 0.609. The number of hydrogen-bond donors (Lipinski definition) is 2. The van der Waals surface area contributed by atoms with Crippen molar-refractivity contribution in [2.45, 2.75) is 45.1 Å². The van der Waals surface area contributed by atoms with Gasteiger partial charge in [-0.1, -0.05) is 12.8 Å². The number of carbonyl (C=O) groups excluding carboxylic acids is 2. The highest BCUT2D eigenvalue weighted by Crippen LogP contribution is 2.28. The third kappa shape index (κ3) is 4.47. The average Bonchev–Trinajstić information content (AvgIpc) is 3.34. The van der Waals surface area contributed by atoms with Gasteiger partial charge in [-0.3, -0.25) is 4.79 Å². The number of nitrogens with zero attached hydrogens (tertiary/aromatic N) is 2. The lowest BCUT2D eigenvalue weighted by Crippen LogP contribution is -2.38. The minimum atomic E-state index is -0.119. The summed E-state index contributed by atoms with van der Waals surface area (Å²) in [4.78, 5) is 32.0. The molecule has 1 fully saturated rings. The molecule has 142 valence electrons. The van der Waals surface area contributed by atoms with Crippen molar-refractivity contribution >= 4 is 34.6 Å². The van der Waals surface area contributed by atoms with Gasteiger partial charge in [0.15, 0.2) is 0 Å². The highest BCUT2D eigenvalue weighted by Gasteiger charge is 2.22. The smallest absolute Gasteiger partial charge is 0.322 e. The topological polar surface area (TPSA) is 74.3 Å². The van der Waals surface area contributed by atoms with Crippen LogP contribution < -0.4 is 10.6 Å². The largest absolute Gasteiger partial charge is 0.326 e. The van der Waals surface area contributed by atoms with Crippen molar-refractivity contribution in [2.24, 2.45) is 5.92 Å². The van der Waals surface area contributed by atoms with Crippen molar-refractivity contribution in [1.29, 1.82) is 0 Å². The predicted octanol–water partition coefficient (Wildman–Crippen LogP) is 4.25. The van der Waals surface area contributed by atoms with Crippen LogP contribution in [0.4, 0.5) is 16.2 Å². The lowest BCUT2D eigenvalue weighted by molar-refractivity contribution is -0.117. The van der Waals surface area contributed by atoms with E-state index in [0.29, 0.717) is 25.4 Å². The maximum absolute atomic E-state index is 12.5. The van der Waals surface area contributed by atoms with Crippen LogP contribution in [0.15, 0.2) is 29.8 Å². The fourth-order valence-electron chi connectivity index (χ4n) is 3.82. The van der Waals surface area contributed by atoms with E-state index < -0.39 is 0 Å². The van der Waals surface area contributed by atoms with Gasteiger partial charge in [-0.2, -0.15) is 0 Å². The second-order valence-corrected chi connectivity index (χ2v) is 8.24. The molecule has 0 bridgehead atoms. The first-order valence-electron chi connectivity index (χ1n) is 9.54. The van der Waals surface area contributed by atoms with E-state index in [0.717, 1.165) is 36.3 Å². The van der Waals surface area contributed by atoms with Gasteiger partial charge in [0.2, 0.25) is 5.91 Å². The fourth-order valence-corrected chi connectivity index (χ4v) is 4.59. The molecule has 1 saturated carbocycles. The van der Waals surface area contributed by atoms with E-state index in [9.17, 15) is 9.59 Å². The van der Waals surface area contributed by atoms with Crippen LogP contribution in [0.5, 0.6) is 0 Å². The molecule has 2 heterocycles. The van der Waals surface area contributed by atoms with Crippen LogP contribution in [0.2, 0.25) is 0 Å². The van der Waals surface area contributed by atoms with Gasteiger partial charge in [0.1, 0.15) is 0 Å². The van der Waals surface area contributed by atoms with E-state index in [1.165, 1.54) is 17.7 Å². The average molecular weight is 385 g/mol. The Morgan fingerprint density at radius 1 is 1.11 bits per heavy atom. The van der Waals surface area contributed by atoms with Crippen LogP contribution in [0, 0.1) is 5.92 Å². The zero-order valence-electron chi connectivity index (χ0n) is 15.2. The summed E-state index contributed by atoms with van der Waals surface area (Å²) in [5, 5.41) is 5.88. The molecule has 2 N–H and O–H groups in total. The second-order valence-electron chi connectivity index (χ2n) is 7.30. The van der Waals surface area contributed by atoms with Crippen molar-refractivity contribution < 1.29 is 9.59 Å². The molecule has 3 amide bonds. The molecule has 27 heavy (non-hydrogen) atoms. The standard InChI is InChI=1S/C20H24N4O2S/c25-19(11-14-3-1-2-4-14)22-15-5-7-16(8-6-15)23-20(26)24-10-9-18-17(12-24)21-13-27-18/h5-8,13-14H,1-4,9-12H2,(H,22,25)(H,23,26). The van der Waals surface area contributed by atoms with E-state index >= 15 is 0 Å². The SMILES string of the molecule is O=C(CC1CCCC1)Nc1ccc(NC(=O)N2CCc3scnc3C2)cc1. The van der Waals surface area contributed by atoms with Crippen molar-refractivity contribution in [2.75, 3.05) is 17.2 Å². The molecule has 0 unspecified atom stereocenters. The highest BCUT2D eigenvalue weighted by atomic mass is 32.1. The zero-order valence-corrected chi connectivity index (χ0v) is 16.1. The van der Waals surface area contributed by atoms with E-state index in [4.69, 9.17) is 0 Å². The molecule has 0 saturated heterocycles. The Morgan fingerprint density at radius 3 is 2.56 bits per heavy atom. The minimum absolute atomic E-state index is 0.0751. The molecule has 0 spiro atoms. The second kappa shape index (κ2) is 8.08. The van der Waals surface area contributed by atoms with E-state index in [1.807, 2.05) is 29.8 Å². The molecule has 0 atom stereocenters. The van der Waals surface area contributed by atoms with Gasteiger partial charge in [0, 0.05) is 35.6 Å². The third-order valence-electron chi connectivity index (χ3n) is 5.33.